The van der Waals surface area contributed by atoms with E-state index in [1.54, 1.807) is 36.4 Å². The van der Waals surface area contributed by atoms with Gasteiger partial charge in [-0.05, 0) is 54.8 Å². The topological polar surface area (TPSA) is 94.7 Å². The Bertz CT molecular complexity index is 1870. The molecule has 0 bridgehead atoms. The number of fused-ring (bicyclic) bond motifs is 1. The molecule has 2 heterocycles. The van der Waals surface area contributed by atoms with Crippen molar-refractivity contribution < 1.29 is 9.59 Å². The van der Waals surface area contributed by atoms with Gasteiger partial charge < -0.3 is 5.32 Å². The number of hydrogen-bond acceptors (Lipinski definition) is 5. The van der Waals surface area contributed by atoms with Gasteiger partial charge in [-0.15, -0.1) is 10.2 Å². The van der Waals surface area contributed by atoms with Crippen LogP contribution in [0.5, 0.6) is 0 Å². The SMILES string of the molecule is O=C(Nc1nn(C(=O)c2ccccc2)c2ccc(-c3nnn(Cc4ccccc4)c3C3CC3)cc12)c1ccccc1. The average Bonchev–Trinajstić information content (AvgIpc) is 3.69. The van der Waals surface area contributed by atoms with Crippen LogP contribution >= 0.6 is 0 Å². The minimum absolute atomic E-state index is 0.281. The monoisotopic (exact) mass is 538 g/mol. The Morgan fingerprint density at radius 1 is 0.805 bits per heavy atom. The van der Waals surface area contributed by atoms with Crippen molar-refractivity contribution in [3.8, 4) is 11.3 Å². The van der Waals surface area contributed by atoms with Crippen LogP contribution in [0.3, 0.4) is 0 Å². The molecule has 1 saturated carbocycles. The molecule has 8 heteroatoms. The van der Waals surface area contributed by atoms with Gasteiger partial charge in [-0.1, -0.05) is 78.0 Å². The average molecular weight is 539 g/mol. The summed E-state index contributed by atoms with van der Waals surface area (Å²) < 4.78 is 3.34. The number of anilines is 1. The molecule has 1 amide bonds. The maximum Gasteiger partial charge on any atom is 0.278 e. The first kappa shape index (κ1) is 24.7. The molecule has 0 radical (unpaired) electrons. The van der Waals surface area contributed by atoms with Crippen LogP contribution in [0.4, 0.5) is 5.82 Å². The second-order valence-corrected chi connectivity index (χ2v) is 10.2. The molecule has 41 heavy (non-hydrogen) atoms. The summed E-state index contributed by atoms with van der Waals surface area (Å²) in [5.41, 5.74) is 5.54. The predicted octanol–water partition coefficient (Wildman–Crippen LogP) is 6.16. The van der Waals surface area contributed by atoms with Crippen LogP contribution < -0.4 is 5.32 Å². The lowest BCUT2D eigenvalue weighted by molar-refractivity contribution is 0.0948. The molecular weight excluding hydrogens is 512 g/mol. The molecule has 8 nitrogen and oxygen atoms in total. The maximum absolute atomic E-state index is 13.5. The van der Waals surface area contributed by atoms with E-state index < -0.39 is 0 Å². The van der Waals surface area contributed by atoms with E-state index in [9.17, 15) is 9.59 Å². The van der Waals surface area contributed by atoms with E-state index in [4.69, 9.17) is 0 Å². The summed E-state index contributed by atoms with van der Waals surface area (Å²) in [4.78, 5) is 26.6. The molecule has 0 atom stereocenters. The number of aromatic nitrogens is 5. The molecule has 2 aromatic heterocycles. The van der Waals surface area contributed by atoms with Crippen LogP contribution in [0.1, 0.15) is 50.7 Å². The number of nitrogens with zero attached hydrogens (tertiary/aromatic N) is 5. The largest absolute Gasteiger partial charge is 0.305 e. The molecule has 7 rings (SSSR count). The van der Waals surface area contributed by atoms with Crippen LogP contribution in [-0.4, -0.2) is 36.6 Å². The first-order valence-corrected chi connectivity index (χ1v) is 13.6. The molecule has 6 aromatic rings. The highest BCUT2D eigenvalue weighted by Crippen LogP contribution is 2.44. The number of amides is 1. The smallest absolute Gasteiger partial charge is 0.278 e. The molecule has 0 spiro atoms. The predicted molar refractivity (Wildman–Crippen MR) is 157 cm³/mol. The second-order valence-electron chi connectivity index (χ2n) is 10.2. The van der Waals surface area contributed by atoms with Crippen LogP contribution in [0.25, 0.3) is 22.2 Å². The molecule has 4 aromatic carbocycles. The van der Waals surface area contributed by atoms with E-state index in [0.717, 1.165) is 35.4 Å². The maximum atomic E-state index is 13.5. The Balaban J connectivity index is 1.32. The lowest BCUT2D eigenvalue weighted by atomic mass is 10.0. The highest BCUT2D eigenvalue weighted by molar-refractivity contribution is 6.10. The Kier molecular flexibility index (Phi) is 6.20. The first-order valence-electron chi connectivity index (χ1n) is 13.6. The summed E-state index contributed by atoms with van der Waals surface area (Å²) in [5, 5.41) is 17.3. The van der Waals surface area contributed by atoms with Crippen molar-refractivity contribution >= 4 is 28.5 Å². The Labute approximate surface area is 236 Å². The van der Waals surface area contributed by atoms with Gasteiger partial charge in [-0.2, -0.15) is 4.68 Å². The van der Waals surface area contributed by atoms with Crippen molar-refractivity contribution in [2.24, 2.45) is 0 Å². The molecule has 1 N–H and O–H groups in total. The van der Waals surface area contributed by atoms with Crippen molar-refractivity contribution in [3.63, 3.8) is 0 Å². The molecular formula is C33H26N6O2. The molecule has 1 aliphatic rings. The van der Waals surface area contributed by atoms with Crippen LogP contribution in [-0.2, 0) is 6.54 Å². The molecule has 200 valence electrons. The summed E-state index contributed by atoms with van der Waals surface area (Å²) in [6, 6.07) is 33.9. The molecule has 0 unspecified atom stereocenters. The molecule has 1 fully saturated rings. The first-order chi connectivity index (χ1) is 20.2. The van der Waals surface area contributed by atoms with Gasteiger partial charge in [0.05, 0.1) is 17.8 Å². The van der Waals surface area contributed by atoms with Crippen molar-refractivity contribution in [1.82, 2.24) is 24.8 Å². The normalized spacial score (nSPS) is 12.9. The van der Waals surface area contributed by atoms with Crippen LogP contribution in [0, 0.1) is 0 Å². The number of benzene rings is 4. The lowest BCUT2D eigenvalue weighted by Crippen LogP contribution is -2.15. The molecule has 1 aliphatic carbocycles. The third-order valence-electron chi connectivity index (χ3n) is 7.35. The number of carbonyl (C=O) groups excluding carboxylic acids is 2. The number of nitrogens with one attached hydrogen (secondary N) is 1. The Morgan fingerprint density at radius 3 is 2.15 bits per heavy atom. The third-order valence-corrected chi connectivity index (χ3v) is 7.35. The van der Waals surface area contributed by atoms with Crippen molar-refractivity contribution in [3.05, 3.63) is 132 Å². The molecule has 0 aliphatic heterocycles. The number of carbonyl (C=O) groups is 2. The summed E-state index contributed by atoms with van der Waals surface area (Å²) in [6.45, 7) is 0.643. The minimum atomic E-state index is -0.304. The van der Waals surface area contributed by atoms with Gasteiger partial charge in [0, 0.05) is 28.0 Å². The minimum Gasteiger partial charge on any atom is -0.305 e. The fourth-order valence-electron chi connectivity index (χ4n) is 5.14. The van der Waals surface area contributed by atoms with Crippen molar-refractivity contribution in [1.29, 1.82) is 0 Å². The van der Waals surface area contributed by atoms with Gasteiger partial charge >= 0.3 is 0 Å². The Hall–Kier alpha value is -5.37. The van der Waals surface area contributed by atoms with Crippen molar-refractivity contribution in [2.45, 2.75) is 25.3 Å². The van der Waals surface area contributed by atoms with E-state index >= 15 is 0 Å². The standard InChI is InChI=1S/C33H26N6O2/c40-32(24-12-6-2-7-13-24)34-31-27-20-26(18-19-28(27)39(36-31)33(41)25-14-8-3-9-15-25)29-30(23-16-17-23)38(37-35-29)21-22-10-4-1-5-11-22/h1-15,18-20,23H,16-17,21H2,(H,34,36,40). The zero-order chi connectivity index (χ0) is 27.8. The van der Waals surface area contributed by atoms with E-state index in [1.165, 1.54) is 4.68 Å². The highest BCUT2D eigenvalue weighted by atomic mass is 16.2. The summed E-state index contributed by atoms with van der Waals surface area (Å²) in [6.07, 6.45) is 2.19. The van der Waals surface area contributed by atoms with Gasteiger partial charge in [-0.25, -0.2) is 4.68 Å². The summed E-state index contributed by atoms with van der Waals surface area (Å²) in [5.74, 6) is 0.127. The van der Waals surface area contributed by atoms with Crippen molar-refractivity contribution in [2.75, 3.05) is 5.32 Å². The number of rotatable bonds is 7. The fourth-order valence-corrected chi connectivity index (χ4v) is 5.14. The van der Waals surface area contributed by atoms with Gasteiger partial charge in [0.15, 0.2) is 5.82 Å². The van der Waals surface area contributed by atoms with Gasteiger partial charge in [-0.3, -0.25) is 9.59 Å². The van der Waals surface area contributed by atoms with E-state index in [0.29, 0.717) is 40.3 Å². The quantitative estimate of drug-likeness (QED) is 0.263. The lowest BCUT2D eigenvalue weighted by Gasteiger charge is -2.08. The summed E-state index contributed by atoms with van der Waals surface area (Å²) in [7, 11) is 0. The van der Waals surface area contributed by atoms with Crippen LogP contribution in [0.15, 0.2) is 109 Å². The highest BCUT2D eigenvalue weighted by Gasteiger charge is 2.32. The van der Waals surface area contributed by atoms with E-state index in [2.05, 4.69) is 32.9 Å². The second kappa shape index (κ2) is 10.3. The third kappa shape index (κ3) is 4.80. The zero-order valence-corrected chi connectivity index (χ0v) is 22.1. The van der Waals surface area contributed by atoms with Gasteiger partial charge in [0.25, 0.3) is 11.8 Å². The fraction of sp³-hybridized carbons (Fsp3) is 0.121. The van der Waals surface area contributed by atoms with Gasteiger partial charge in [0.1, 0.15) is 5.69 Å². The van der Waals surface area contributed by atoms with Crippen LogP contribution in [0.2, 0.25) is 0 Å². The van der Waals surface area contributed by atoms with E-state index in [1.807, 2.05) is 65.3 Å². The van der Waals surface area contributed by atoms with E-state index in [-0.39, 0.29) is 11.8 Å². The molecule has 0 saturated heterocycles. The summed E-state index contributed by atoms with van der Waals surface area (Å²) >= 11 is 0. The van der Waals surface area contributed by atoms with Gasteiger partial charge in [0.2, 0.25) is 0 Å². The Morgan fingerprint density at radius 2 is 1.46 bits per heavy atom. The zero-order valence-electron chi connectivity index (χ0n) is 22.1. The number of hydrogen-bond donors (Lipinski definition) is 1.